The molecule has 0 saturated carbocycles. The number of hydrogen-bond donors (Lipinski definition) is 2. The molecule has 0 spiro atoms. The molecular weight excluding hydrogens is 507 g/mol. The third kappa shape index (κ3) is 10.9. The van der Waals surface area contributed by atoms with Gasteiger partial charge in [-0.05, 0) is 37.0 Å². The molecule has 0 aliphatic carbocycles. The lowest BCUT2D eigenvalue weighted by Gasteiger charge is -2.37. The first-order valence-corrected chi connectivity index (χ1v) is 11.2. The second kappa shape index (κ2) is 16.5. The molecule has 1 aromatic carbocycles. The summed E-state index contributed by atoms with van der Waals surface area (Å²) < 4.78 is 16.2. The van der Waals surface area contributed by atoms with Crippen LogP contribution < -0.4 is 15.4 Å². The molecule has 7 nitrogen and oxygen atoms in total. The van der Waals surface area contributed by atoms with E-state index in [-0.39, 0.29) is 24.0 Å². The Morgan fingerprint density at radius 2 is 1.87 bits per heavy atom. The van der Waals surface area contributed by atoms with Crippen LogP contribution in [0.3, 0.4) is 0 Å². The van der Waals surface area contributed by atoms with Gasteiger partial charge in [0.15, 0.2) is 5.96 Å². The fourth-order valence-electron chi connectivity index (χ4n) is 3.50. The van der Waals surface area contributed by atoms with Gasteiger partial charge in [-0.2, -0.15) is 0 Å². The number of nitrogens with zero attached hydrogens (tertiary/aromatic N) is 2. The molecule has 0 radical (unpaired) electrons. The summed E-state index contributed by atoms with van der Waals surface area (Å²) in [4.78, 5) is 7.34. The normalized spacial score (nSPS) is 16.0. The lowest BCUT2D eigenvalue weighted by Crippen LogP contribution is -2.52. The van der Waals surface area contributed by atoms with Crippen molar-refractivity contribution in [2.45, 2.75) is 39.8 Å². The van der Waals surface area contributed by atoms with Crippen LogP contribution in [0.2, 0.25) is 0 Å². The van der Waals surface area contributed by atoms with Crippen molar-refractivity contribution in [3.05, 3.63) is 29.8 Å². The molecule has 1 saturated heterocycles. The van der Waals surface area contributed by atoms with E-state index in [0.717, 1.165) is 76.3 Å². The number of hydrogen-bond acceptors (Lipinski definition) is 5. The number of ether oxygens (including phenoxy) is 3. The molecule has 2 N–H and O–H groups in total. The molecule has 0 aromatic heterocycles. The molecular formula is C23H41IN4O3. The van der Waals surface area contributed by atoms with Gasteiger partial charge in [0.1, 0.15) is 5.75 Å². The van der Waals surface area contributed by atoms with Crippen molar-refractivity contribution in [1.29, 1.82) is 0 Å². The first kappa shape index (κ1) is 27.9. The Bertz CT molecular complexity index is 607. The smallest absolute Gasteiger partial charge is 0.191 e. The minimum absolute atomic E-state index is 0. The van der Waals surface area contributed by atoms with E-state index < -0.39 is 0 Å². The van der Waals surface area contributed by atoms with E-state index >= 15 is 0 Å². The zero-order valence-electron chi connectivity index (χ0n) is 19.6. The summed E-state index contributed by atoms with van der Waals surface area (Å²) in [6.45, 7) is 14.0. The van der Waals surface area contributed by atoms with Crippen molar-refractivity contribution in [3.8, 4) is 5.75 Å². The number of nitrogens with one attached hydrogen (secondary N) is 2. The fourth-order valence-corrected chi connectivity index (χ4v) is 3.50. The molecule has 0 amide bonds. The van der Waals surface area contributed by atoms with Gasteiger partial charge in [0.2, 0.25) is 0 Å². The van der Waals surface area contributed by atoms with Gasteiger partial charge < -0.3 is 24.8 Å². The van der Waals surface area contributed by atoms with Crippen LogP contribution in [-0.2, 0) is 16.0 Å². The molecule has 1 aliphatic heterocycles. The molecule has 1 fully saturated rings. The molecule has 2 rings (SSSR count). The highest BCUT2D eigenvalue weighted by molar-refractivity contribution is 14.0. The van der Waals surface area contributed by atoms with Gasteiger partial charge in [0, 0.05) is 45.4 Å². The third-order valence-corrected chi connectivity index (χ3v) is 5.30. The van der Waals surface area contributed by atoms with E-state index in [2.05, 4.69) is 41.5 Å². The van der Waals surface area contributed by atoms with E-state index in [9.17, 15) is 0 Å². The summed E-state index contributed by atoms with van der Waals surface area (Å²) in [6, 6.07) is 8.51. The van der Waals surface area contributed by atoms with Crippen LogP contribution in [0.1, 0.15) is 32.8 Å². The highest BCUT2D eigenvalue weighted by atomic mass is 127. The van der Waals surface area contributed by atoms with E-state index in [1.165, 1.54) is 0 Å². The quantitative estimate of drug-likeness (QED) is 0.181. The third-order valence-electron chi connectivity index (χ3n) is 5.30. The average Bonchev–Trinajstić information content (AvgIpc) is 2.77. The minimum atomic E-state index is 0. The van der Waals surface area contributed by atoms with Gasteiger partial charge in [-0.1, -0.05) is 26.0 Å². The number of guanidine groups is 1. The lowest BCUT2D eigenvalue weighted by atomic mass is 10.0. The average molecular weight is 549 g/mol. The zero-order valence-corrected chi connectivity index (χ0v) is 21.9. The maximum absolute atomic E-state index is 5.53. The summed E-state index contributed by atoms with van der Waals surface area (Å²) in [6.07, 6.45) is 0.953. The van der Waals surface area contributed by atoms with Gasteiger partial charge in [0.25, 0.3) is 0 Å². The van der Waals surface area contributed by atoms with Gasteiger partial charge in [-0.3, -0.25) is 4.90 Å². The SMILES string of the molecule is CCOCCCNC(=NCc1ccc(OC)cc1)NCC(C(C)C)N1CCOCC1.I. The molecule has 1 atom stereocenters. The summed E-state index contributed by atoms with van der Waals surface area (Å²) in [5.74, 6) is 2.26. The second-order valence-electron chi connectivity index (χ2n) is 7.83. The Hall–Kier alpha value is -1.10. The molecule has 0 bridgehead atoms. The zero-order chi connectivity index (χ0) is 21.6. The lowest BCUT2D eigenvalue weighted by molar-refractivity contribution is 0.00752. The highest BCUT2D eigenvalue weighted by Crippen LogP contribution is 2.13. The summed E-state index contributed by atoms with van der Waals surface area (Å²) in [7, 11) is 1.68. The van der Waals surface area contributed by atoms with Crippen LogP contribution in [0, 0.1) is 5.92 Å². The predicted molar refractivity (Wildman–Crippen MR) is 138 cm³/mol. The minimum Gasteiger partial charge on any atom is -0.497 e. The van der Waals surface area contributed by atoms with E-state index in [1.807, 2.05) is 19.1 Å². The number of halogens is 1. The van der Waals surface area contributed by atoms with Crippen molar-refractivity contribution in [1.82, 2.24) is 15.5 Å². The number of aliphatic imine (C=N–C) groups is 1. The Morgan fingerprint density at radius 1 is 1.16 bits per heavy atom. The Balaban J connectivity index is 0.00000480. The van der Waals surface area contributed by atoms with Crippen molar-refractivity contribution < 1.29 is 14.2 Å². The van der Waals surface area contributed by atoms with E-state index in [4.69, 9.17) is 19.2 Å². The Kier molecular flexibility index (Phi) is 14.9. The van der Waals surface area contributed by atoms with E-state index in [0.29, 0.717) is 18.5 Å². The molecule has 1 unspecified atom stereocenters. The summed E-state index contributed by atoms with van der Waals surface area (Å²) >= 11 is 0. The molecule has 8 heteroatoms. The first-order chi connectivity index (χ1) is 14.6. The van der Waals surface area contributed by atoms with Crippen molar-refractivity contribution in [2.24, 2.45) is 10.9 Å². The van der Waals surface area contributed by atoms with Gasteiger partial charge in [-0.25, -0.2) is 4.99 Å². The second-order valence-corrected chi connectivity index (χ2v) is 7.83. The van der Waals surface area contributed by atoms with Crippen LogP contribution in [0.15, 0.2) is 29.3 Å². The molecule has 1 heterocycles. The van der Waals surface area contributed by atoms with Crippen molar-refractivity contribution in [3.63, 3.8) is 0 Å². The molecule has 178 valence electrons. The summed E-state index contributed by atoms with van der Waals surface area (Å²) in [5.41, 5.74) is 1.15. The van der Waals surface area contributed by atoms with Crippen LogP contribution >= 0.6 is 24.0 Å². The first-order valence-electron chi connectivity index (χ1n) is 11.2. The van der Waals surface area contributed by atoms with Crippen LogP contribution in [0.4, 0.5) is 0 Å². The maximum atomic E-state index is 5.53. The summed E-state index contributed by atoms with van der Waals surface area (Å²) in [5, 5.41) is 7.03. The predicted octanol–water partition coefficient (Wildman–Crippen LogP) is 3.13. The monoisotopic (exact) mass is 548 g/mol. The van der Waals surface area contributed by atoms with Gasteiger partial charge in [0.05, 0.1) is 26.9 Å². The van der Waals surface area contributed by atoms with Crippen molar-refractivity contribution >= 4 is 29.9 Å². The topological polar surface area (TPSA) is 67.3 Å². The Morgan fingerprint density at radius 3 is 2.48 bits per heavy atom. The van der Waals surface area contributed by atoms with Crippen molar-refractivity contribution in [2.75, 3.05) is 59.7 Å². The van der Waals surface area contributed by atoms with E-state index in [1.54, 1.807) is 7.11 Å². The van der Waals surface area contributed by atoms with Crippen LogP contribution in [0.25, 0.3) is 0 Å². The number of rotatable bonds is 12. The standard InChI is InChI=1S/C23H40N4O3.HI/c1-5-29-14-6-11-24-23(25-17-20-7-9-21(28-4)10-8-20)26-18-22(19(2)3)27-12-15-30-16-13-27;/h7-10,19,22H,5-6,11-18H2,1-4H3,(H2,24,25,26);1H. The van der Waals surface area contributed by atoms with Gasteiger partial charge in [-0.15, -0.1) is 24.0 Å². The molecule has 1 aliphatic rings. The largest absolute Gasteiger partial charge is 0.497 e. The van der Waals surface area contributed by atoms with Crippen LogP contribution in [0.5, 0.6) is 5.75 Å². The Labute approximate surface area is 205 Å². The molecule has 1 aromatic rings. The van der Waals surface area contributed by atoms with Crippen LogP contribution in [-0.4, -0.2) is 76.6 Å². The molecule has 31 heavy (non-hydrogen) atoms. The maximum Gasteiger partial charge on any atom is 0.191 e. The van der Waals surface area contributed by atoms with Gasteiger partial charge >= 0.3 is 0 Å². The number of morpholine rings is 1. The fraction of sp³-hybridized carbons (Fsp3) is 0.696. The number of methoxy groups -OCH3 is 1. The number of benzene rings is 1. The highest BCUT2D eigenvalue weighted by Gasteiger charge is 2.23.